The molecule has 0 bridgehead atoms. The Morgan fingerprint density at radius 2 is 2.00 bits per heavy atom. The standard InChI is InChI=1S/C16H25N3O4S/c1-16(6-8-18-9-7-16)11-19-15(20)12-4-5-13(23-3)14(10-12)24(21,22)17-2/h4-5,10,17-18H,6-9,11H2,1-3H3,(H,19,20). The lowest BCUT2D eigenvalue weighted by molar-refractivity contribution is 0.0922. The molecule has 1 aromatic carbocycles. The zero-order chi connectivity index (χ0) is 17.8. The molecule has 7 nitrogen and oxygen atoms in total. The lowest BCUT2D eigenvalue weighted by Gasteiger charge is -2.34. The number of carbonyl (C=O) groups excluding carboxylic acids is 1. The summed E-state index contributed by atoms with van der Waals surface area (Å²) in [5.74, 6) is -0.0869. The third kappa shape index (κ3) is 4.25. The van der Waals surface area contributed by atoms with E-state index in [2.05, 4.69) is 22.3 Å². The molecule has 134 valence electrons. The molecule has 3 N–H and O–H groups in total. The molecule has 0 saturated carbocycles. The highest BCUT2D eigenvalue weighted by molar-refractivity contribution is 7.89. The van der Waals surface area contributed by atoms with E-state index in [0.717, 1.165) is 25.9 Å². The van der Waals surface area contributed by atoms with Gasteiger partial charge in [0.05, 0.1) is 7.11 Å². The van der Waals surface area contributed by atoms with Gasteiger partial charge >= 0.3 is 0 Å². The Labute approximate surface area is 143 Å². The molecule has 0 spiro atoms. The van der Waals surface area contributed by atoms with Crippen LogP contribution in [0.2, 0.25) is 0 Å². The highest BCUT2D eigenvalue weighted by Crippen LogP contribution is 2.27. The Balaban J connectivity index is 2.16. The van der Waals surface area contributed by atoms with Gasteiger partial charge in [0.15, 0.2) is 0 Å². The van der Waals surface area contributed by atoms with Gasteiger partial charge in [-0.3, -0.25) is 4.79 Å². The number of methoxy groups -OCH3 is 1. The highest BCUT2D eigenvalue weighted by Gasteiger charge is 2.27. The zero-order valence-electron chi connectivity index (χ0n) is 14.3. The highest BCUT2D eigenvalue weighted by atomic mass is 32.2. The fourth-order valence-corrected chi connectivity index (χ4v) is 3.66. The largest absolute Gasteiger partial charge is 0.495 e. The van der Waals surface area contributed by atoms with Gasteiger partial charge in [-0.05, 0) is 56.6 Å². The lowest BCUT2D eigenvalue weighted by atomic mass is 9.81. The van der Waals surface area contributed by atoms with Crippen LogP contribution in [0.25, 0.3) is 0 Å². The number of carbonyl (C=O) groups is 1. The predicted octanol–water partition coefficient (Wildman–Crippen LogP) is 0.723. The summed E-state index contributed by atoms with van der Waals surface area (Å²) >= 11 is 0. The second-order valence-electron chi connectivity index (χ2n) is 6.32. The van der Waals surface area contributed by atoms with Crippen LogP contribution in [0.15, 0.2) is 23.1 Å². The maximum atomic E-state index is 12.4. The van der Waals surface area contributed by atoms with Crippen molar-refractivity contribution in [2.45, 2.75) is 24.7 Å². The van der Waals surface area contributed by atoms with Crippen LogP contribution in [-0.2, 0) is 10.0 Å². The number of rotatable bonds is 6. The monoisotopic (exact) mass is 355 g/mol. The van der Waals surface area contributed by atoms with E-state index in [9.17, 15) is 13.2 Å². The van der Waals surface area contributed by atoms with Crippen LogP contribution in [0.5, 0.6) is 5.75 Å². The minimum atomic E-state index is -3.71. The molecule has 1 aliphatic rings. The molecule has 0 aromatic heterocycles. The quantitative estimate of drug-likeness (QED) is 0.699. The van der Waals surface area contributed by atoms with E-state index < -0.39 is 10.0 Å². The average molecular weight is 355 g/mol. The maximum absolute atomic E-state index is 12.4. The van der Waals surface area contributed by atoms with Crippen molar-refractivity contribution in [3.63, 3.8) is 0 Å². The minimum absolute atomic E-state index is 0.0479. The number of sulfonamides is 1. The molecule has 1 heterocycles. The topological polar surface area (TPSA) is 96.5 Å². The number of nitrogens with one attached hydrogen (secondary N) is 3. The summed E-state index contributed by atoms with van der Waals surface area (Å²) < 4.78 is 31.5. The second-order valence-corrected chi connectivity index (χ2v) is 8.17. The van der Waals surface area contributed by atoms with Gasteiger partial charge < -0.3 is 15.4 Å². The number of benzene rings is 1. The summed E-state index contributed by atoms with van der Waals surface area (Å²) in [5.41, 5.74) is 0.356. The fraction of sp³-hybridized carbons (Fsp3) is 0.562. The van der Waals surface area contributed by atoms with Crippen LogP contribution < -0.4 is 20.1 Å². The van der Waals surface area contributed by atoms with Gasteiger partial charge in [0, 0.05) is 12.1 Å². The first-order chi connectivity index (χ1) is 11.3. The molecule has 0 unspecified atom stereocenters. The number of piperidine rings is 1. The van der Waals surface area contributed by atoms with Crippen molar-refractivity contribution in [1.29, 1.82) is 0 Å². The first kappa shape index (κ1) is 18.7. The molecule has 0 radical (unpaired) electrons. The summed E-state index contributed by atoms with van der Waals surface area (Å²) in [5, 5.41) is 6.22. The zero-order valence-corrected chi connectivity index (χ0v) is 15.1. The number of hydrogen-bond donors (Lipinski definition) is 3. The van der Waals surface area contributed by atoms with Crippen LogP contribution in [-0.4, -0.2) is 48.1 Å². The van der Waals surface area contributed by atoms with Crippen molar-refractivity contribution in [3.05, 3.63) is 23.8 Å². The predicted molar refractivity (Wildman–Crippen MR) is 91.8 cm³/mol. The third-order valence-electron chi connectivity index (χ3n) is 4.47. The van der Waals surface area contributed by atoms with Gasteiger partial charge in [-0.25, -0.2) is 13.1 Å². The fourth-order valence-electron chi connectivity index (χ4n) is 2.74. The van der Waals surface area contributed by atoms with Crippen LogP contribution in [0.3, 0.4) is 0 Å². The van der Waals surface area contributed by atoms with E-state index in [1.54, 1.807) is 6.07 Å². The molecule has 8 heteroatoms. The second kappa shape index (κ2) is 7.50. The van der Waals surface area contributed by atoms with Crippen molar-refractivity contribution in [2.24, 2.45) is 5.41 Å². The summed E-state index contributed by atoms with van der Waals surface area (Å²) in [7, 11) is -0.998. The van der Waals surface area contributed by atoms with Crippen molar-refractivity contribution in [1.82, 2.24) is 15.4 Å². The Kier molecular flexibility index (Phi) is 5.84. The van der Waals surface area contributed by atoms with Crippen molar-refractivity contribution in [2.75, 3.05) is 33.8 Å². The number of hydrogen-bond acceptors (Lipinski definition) is 5. The molecule has 0 aliphatic carbocycles. The van der Waals surface area contributed by atoms with E-state index in [4.69, 9.17) is 4.74 Å². The van der Waals surface area contributed by atoms with Crippen LogP contribution in [0, 0.1) is 5.41 Å². The van der Waals surface area contributed by atoms with Gasteiger partial charge in [0.25, 0.3) is 5.91 Å². The van der Waals surface area contributed by atoms with Gasteiger partial charge in [-0.15, -0.1) is 0 Å². The first-order valence-electron chi connectivity index (χ1n) is 7.92. The minimum Gasteiger partial charge on any atom is -0.495 e. The molecule has 1 saturated heterocycles. The Bertz CT molecular complexity index is 697. The Hall–Kier alpha value is -1.64. The molecule has 1 aromatic rings. The van der Waals surface area contributed by atoms with Gasteiger partial charge in [-0.2, -0.15) is 0 Å². The van der Waals surface area contributed by atoms with E-state index in [1.165, 1.54) is 26.3 Å². The first-order valence-corrected chi connectivity index (χ1v) is 9.40. The number of ether oxygens (including phenoxy) is 1. The number of amides is 1. The summed E-state index contributed by atoms with van der Waals surface area (Å²) in [6.45, 7) is 4.60. The van der Waals surface area contributed by atoms with Gasteiger partial charge in [-0.1, -0.05) is 6.92 Å². The van der Waals surface area contributed by atoms with Crippen LogP contribution >= 0.6 is 0 Å². The molecule has 0 atom stereocenters. The van der Waals surface area contributed by atoms with Gasteiger partial charge in [0.2, 0.25) is 10.0 Å². The van der Waals surface area contributed by atoms with E-state index in [1.807, 2.05) is 0 Å². The maximum Gasteiger partial charge on any atom is 0.251 e. The van der Waals surface area contributed by atoms with Crippen molar-refractivity contribution >= 4 is 15.9 Å². The average Bonchev–Trinajstić information content (AvgIpc) is 2.59. The summed E-state index contributed by atoms with van der Waals surface area (Å²) in [6.07, 6.45) is 1.99. The summed E-state index contributed by atoms with van der Waals surface area (Å²) in [4.78, 5) is 12.4. The van der Waals surface area contributed by atoms with Crippen molar-refractivity contribution in [3.8, 4) is 5.75 Å². The molecule has 1 amide bonds. The molecule has 1 fully saturated rings. The van der Waals surface area contributed by atoms with E-state index in [0.29, 0.717) is 12.1 Å². The normalized spacial score (nSPS) is 17.3. The molecular formula is C16H25N3O4S. The molecule has 1 aliphatic heterocycles. The van der Waals surface area contributed by atoms with E-state index >= 15 is 0 Å². The molecule has 24 heavy (non-hydrogen) atoms. The van der Waals surface area contributed by atoms with Crippen molar-refractivity contribution < 1.29 is 17.9 Å². The molecular weight excluding hydrogens is 330 g/mol. The smallest absolute Gasteiger partial charge is 0.251 e. The summed E-state index contributed by atoms with van der Waals surface area (Å²) in [6, 6.07) is 4.39. The third-order valence-corrected chi connectivity index (χ3v) is 5.91. The van der Waals surface area contributed by atoms with Crippen LogP contribution in [0.4, 0.5) is 0 Å². The Morgan fingerprint density at radius 3 is 2.58 bits per heavy atom. The molecule has 2 rings (SSSR count). The Morgan fingerprint density at radius 1 is 1.33 bits per heavy atom. The SMILES string of the molecule is CNS(=O)(=O)c1cc(C(=O)NCC2(C)CCNCC2)ccc1OC. The van der Waals surface area contributed by atoms with E-state index in [-0.39, 0.29) is 22.0 Å². The lowest BCUT2D eigenvalue weighted by Crippen LogP contribution is -2.42. The van der Waals surface area contributed by atoms with Gasteiger partial charge in [0.1, 0.15) is 10.6 Å². The van der Waals surface area contributed by atoms with Crippen LogP contribution in [0.1, 0.15) is 30.1 Å².